The summed E-state index contributed by atoms with van der Waals surface area (Å²) in [6.45, 7) is 0. The second kappa shape index (κ2) is 15.3. The Morgan fingerprint density at radius 3 is 1.56 bits per heavy atom. The molecule has 0 radical (unpaired) electrons. The SMILES string of the molecule is N#Cc1ccccc1-c1cc(-n2c3ccccc3c3ccc(-c4cccnc4-c4ccccc4)cc32)ncc1-n1c2ccccc2c2ccc(-c3ccccc3-c3ccccc3)cc21. The maximum Gasteiger partial charge on any atom is 0.138 e. The zero-order valence-corrected chi connectivity index (χ0v) is 34.6. The molecule has 0 aliphatic rings. The van der Waals surface area contributed by atoms with Crippen LogP contribution >= 0.6 is 0 Å². The van der Waals surface area contributed by atoms with Crippen LogP contribution in [-0.2, 0) is 0 Å². The highest BCUT2D eigenvalue weighted by molar-refractivity contribution is 6.12. The predicted molar refractivity (Wildman–Crippen MR) is 263 cm³/mol. The summed E-state index contributed by atoms with van der Waals surface area (Å²) < 4.78 is 4.59. The van der Waals surface area contributed by atoms with Crippen molar-refractivity contribution in [1.82, 2.24) is 19.1 Å². The molecule has 0 aliphatic carbocycles. The maximum absolute atomic E-state index is 10.6. The van der Waals surface area contributed by atoms with Crippen LogP contribution in [0.15, 0.2) is 225 Å². The van der Waals surface area contributed by atoms with Crippen molar-refractivity contribution in [1.29, 1.82) is 5.26 Å². The molecular weight excluding hydrogens is 779 g/mol. The fraction of sp³-hybridized carbons (Fsp3) is 0. The first kappa shape index (κ1) is 37.0. The van der Waals surface area contributed by atoms with Gasteiger partial charge in [0.25, 0.3) is 0 Å². The molecule has 0 spiro atoms. The Bertz CT molecular complexity index is 3800. The molecule has 0 atom stereocenters. The number of hydrogen-bond acceptors (Lipinski definition) is 3. The summed E-state index contributed by atoms with van der Waals surface area (Å²) in [6, 6.07) is 76.8. The largest absolute Gasteiger partial charge is 0.307 e. The average Bonchev–Trinajstić information content (AvgIpc) is 3.88. The molecule has 4 heterocycles. The zero-order valence-electron chi connectivity index (χ0n) is 34.6. The predicted octanol–water partition coefficient (Wildman–Crippen LogP) is 14.9. The van der Waals surface area contributed by atoms with Crippen LogP contribution in [0.2, 0.25) is 0 Å². The number of aromatic nitrogens is 4. The number of fused-ring (bicyclic) bond motifs is 6. The molecule has 0 unspecified atom stereocenters. The number of pyridine rings is 2. The fourth-order valence-electron chi connectivity index (χ4n) is 9.62. The van der Waals surface area contributed by atoms with Crippen molar-refractivity contribution in [3.05, 3.63) is 230 Å². The highest BCUT2D eigenvalue weighted by Crippen LogP contribution is 2.42. The van der Waals surface area contributed by atoms with E-state index in [9.17, 15) is 5.26 Å². The van der Waals surface area contributed by atoms with Gasteiger partial charge in [-0.3, -0.25) is 9.55 Å². The van der Waals surface area contributed by atoms with Gasteiger partial charge in [0.15, 0.2) is 0 Å². The van der Waals surface area contributed by atoms with Crippen LogP contribution < -0.4 is 0 Å². The third kappa shape index (κ3) is 6.00. The van der Waals surface area contributed by atoms with E-state index in [0.717, 1.165) is 99.8 Å². The van der Waals surface area contributed by atoms with E-state index in [0.29, 0.717) is 5.56 Å². The van der Waals surface area contributed by atoms with E-state index < -0.39 is 0 Å². The number of benzene rings is 8. The summed E-state index contributed by atoms with van der Waals surface area (Å²) in [5.74, 6) is 0.752. The van der Waals surface area contributed by atoms with Crippen LogP contribution in [0.4, 0.5) is 0 Å². The summed E-state index contributed by atoms with van der Waals surface area (Å²) >= 11 is 0. The summed E-state index contributed by atoms with van der Waals surface area (Å²) in [6.07, 6.45) is 3.85. The van der Waals surface area contributed by atoms with Crippen molar-refractivity contribution >= 4 is 43.6 Å². The highest BCUT2D eigenvalue weighted by atomic mass is 15.1. The first-order valence-corrected chi connectivity index (χ1v) is 21.5. The molecule has 8 aromatic carbocycles. The monoisotopic (exact) mass is 815 g/mol. The topological polar surface area (TPSA) is 59.4 Å². The number of nitrogens with zero attached hydrogens (tertiary/aromatic N) is 5. The van der Waals surface area contributed by atoms with E-state index in [4.69, 9.17) is 9.97 Å². The van der Waals surface area contributed by atoms with Gasteiger partial charge < -0.3 is 4.57 Å². The minimum atomic E-state index is 0.591. The highest BCUT2D eigenvalue weighted by Gasteiger charge is 2.22. The molecule has 12 aromatic rings. The van der Waals surface area contributed by atoms with Crippen LogP contribution in [0.5, 0.6) is 0 Å². The molecule has 0 bridgehead atoms. The minimum absolute atomic E-state index is 0.591. The van der Waals surface area contributed by atoms with E-state index in [-0.39, 0.29) is 0 Å². The van der Waals surface area contributed by atoms with E-state index in [1.807, 2.05) is 48.8 Å². The van der Waals surface area contributed by atoms with Crippen molar-refractivity contribution in [2.24, 2.45) is 0 Å². The molecule has 0 fully saturated rings. The molecule has 64 heavy (non-hydrogen) atoms. The Morgan fingerprint density at radius 1 is 0.359 bits per heavy atom. The minimum Gasteiger partial charge on any atom is -0.307 e. The third-order valence-corrected chi connectivity index (χ3v) is 12.5. The quantitative estimate of drug-likeness (QED) is 0.161. The van der Waals surface area contributed by atoms with Gasteiger partial charge in [-0.05, 0) is 70.3 Å². The lowest BCUT2D eigenvalue weighted by molar-refractivity contribution is 1.06. The lowest BCUT2D eigenvalue weighted by atomic mass is 9.94. The van der Waals surface area contributed by atoms with Crippen molar-refractivity contribution in [2.75, 3.05) is 0 Å². The Morgan fingerprint density at radius 2 is 0.875 bits per heavy atom. The van der Waals surface area contributed by atoms with Gasteiger partial charge >= 0.3 is 0 Å². The number of para-hydroxylation sites is 2. The van der Waals surface area contributed by atoms with Gasteiger partial charge in [0.2, 0.25) is 0 Å². The molecule has 4 aromatic heterocycles. The molecule has 0 N–H and O–H groups in total. The van der Waals surface area contributed by atoms with Crippen molar-refractivity contribution in [2.45, 2.75) is 0 Å². The molecular formula is C59H37N5. The second-order valence-electron chi connectivity index (χ2n) is 16.1. The number of nitriles is 1. The fourth-order valence-corrected chi connectivity index (χ4v) is 9.62. The van der Waals surface area contributed by atoms with Gasteiger partial charge in [-0.2, -0.15) is 5.26 Å². The van der Waals surface area contributed by atoms with Crippen LogP contribution in [0.3, 0.4) is 0 Å². The molecule has 5 heteroatoms. The van der Waals surface area contributed by atoms with Crippen molar-refractivity contribution in [3.8, 4) is 73.3 Å². The van der Waals surface area contributed by atoms with Crippen LogP contribution in [0, 0.1) is 11.3 Å². The van der Waals surface area contributed by atoms with E-state index in [1.165, 1.54) is 11.1 Å². The summed E-state index contributed by atoms with van der Waals surface area (Å²) in [5.41, 5.74) is 16.1. The molecule has 0 aliphatic heterocycles. The van der Waals surface area contributed by atoms with Crippen LogP contribution in [0.25, 0.3) is 111 Å². The Labute approximate surface area is 370 Å². The van der Waals surface area contributed by atoms with E-state index >= 15 is 0 Å². The Hall–Kier alpha value is -8.85. The lowest BCUT2D eigenvalue weighted by Crippen LogP contribution is -2.04. The van der Waals surface area contributed by atoms with Gasteiger partial charge in [-0.25, -0.2) is 4.98 Å². The standard InChI is InChI=1S/C59H37N5/c60-37-43-20-7-8-23-46(43)52-36-58(64-54-28-14-12-25-49(54)51-32-30-42(35-56(51)64)47-26-15-33-61-59(47)40-18-5-2-6-19-40)62-38-57(52)63-53-27-13-11-24-48(53)50-31-29-41(34-55(50)63)45-22-10-9-21-44(45)39-16-3-1-4-17-39/h1-36,38H. The van der Waals surface area contributed by atoms with E-state index in [1.54, 1.807) is 0 Å². The molecule has 5 nitrogen and oxygen atoms in total. The molecule has 0 saturated carbocycles. The summed E-state index contributed by atoms with van der Waals surface area (Å²) in [7, 11) is 0. The van der Waals surface area contributed by atoms with Gasteiger partial charge in [-0.1, -0.05) is 170 Å². The van der Waals surface area contributed by atoms with Crippen molar-refractivity contribution < 1.29 is 0 Å². The first-order valence-electron chi connectivity index (χ1n) is 21.5. The van der Waals surface area contributed by atoms with Crippen LogP contribution in [-0.4, -0.2) is 19.1 Å². The molecule has 12 rings (SSSR count). The third-order valence-electron chi connectivity index (χ3n) is 12.5. The number of hydrogen-bond donors (Lipinski definition) is 0. The van der Waals surface area contributed by atoms with Gasteiger partial charge in [0, 0.05) is 50.0 Å². The lowest BCUT2D eigenvalue weighted by Gasteiger charge is -2.18. The van der Waals surface area contributed by atoms with Gasteiger partial charge in [-0.15, -0.1) is 0 Å². The van der Waals surface area contributed by atoms with E-state index in [2.05, 4.69) is 191 Å². The number of rotatable bonds is 7. The summed E-state index contributed by atoms with van der Waals surface area (Å²) in [4.78, 5) is 10.2. The molecule has 298 valence electrons. The zero-order chi connectivity index (χ0) is 42.6. The smallest absolute Gasteiger partial charge is 0.138 e. The maximum atomic E-state index is 10.6. The Balaban J connectivity index is 1.11. The first-order chi connectivity index (χ1) is 31.7. The normalized spacial score (nSPS) is 11.4. The summed E-state index contributed by atoms with van der Waals surface area (Å²) in [5, 5.41) is 15.2. The van der Waals surface area contributed by atoms with Crippen LogP contribution in [0.1, 0.15) is 5.56 Å². The molecule has 0 amide bonds. The average molecular weight is 816 g/mol. The molecule has 0 saturated heterocycles. The van der Waals surface area contributed by atoms with Gasteiger partial charge in [0.05, 0.1) is 51.3 Å². The second-order valence-corrected chi connectivity index (χ2v) is 16.1. The van der Waals surface area contributed by atoms with Gasteiger partial charge in [0.1, 0.15) is 5.82 Å². The Kier molecular flexibility index (Phi) is 8.81. The van der Waals surface area contributed by atoms with Crippen molar-refractivity contribution in [3.63, 3.8) is 0 Å².